The number of nitrogens with zero attached hydrogens (tertiary/aromatic N) is 2. The summed E-state index contributed by atoms with van der Waals surface area (Å²) in [4.78, 5) is 0. The van der Waals surface area contributed by atoms with Crippen molar-refractivity contribution in [1.82, 2.24) is 9.78 Å². The lowest BCUT2D eigenvalue weighted by Gasteiger charge is -2.08. The summed E-state index contributed by atoms with van der Waals surface area (Å²) in [6.07, 6.45) is 0. The fraction of sp³-hybridized carbons (Fsp3) is 0.308. The molecule has 96 valence electrons. The van der Waals surface area contributed by atoms with Crippen molar-refractivity contribution in [1.29, 1.82) is 0 Å². The maximum atomic E-state index is 5.95. The Balaban J connectivity index is 2.06. The van der Waals surface area contributed by atoms with Crippen LogP contribution in [0.2, 0.25) is 0 Å². The van der Waals surface area contributed by atoms with Crippen LogP contribution in [0.1, 0.15) is 11.3 Å². The van der Waals surface area contributed by atoms with E-state index in [4.69, 9.17) is 10.5 Å². The van der Waals surface area contributed by atoms with Crippen LogP contribution in [0.15, 0.2) is 24.3 Å². The minimum absolute atomic E-state index is 0.645. The molecule has 1 aromatic heterocycles. The Bertz CT molecular complexity index is 528. The lowest BCUT2D eigenvalue weighted by Crippen LogP contribution is -2.04. The van der Waals surface area contributed by atoms with Crippen LogP contribution in [0.3, 0.4) is 0 Å². The highest BCUT2D eigenvalue weighted by atomic mass is 16.5. The fourth-order valence-corrected chi connectivity index (χ4v) is 1.69. The molecule has 0 radical (unpaired) electrons. The molecule has 0 aliphatic heterocycles. The SMILES string of the molecule is COc1ccc(CNc2cc(C)n(C)n2)c(N)c1. The third-order valence-electron chi connectivity index (χ3n) is 2.93. The van der Waals surface area contributed by atoms with Crippen molar-refractivity contribution in [2.75, 3.05) is 18.2 Å². The zero-order valence-electron chi connectivity index (χ0n) is 10.9. The van der Waals surface area contributed by atoms with Crippen molar-refractivity contribution in [2.24, 2.45) is 7.05 Å². The van der Waals surface area contributed by atoms with E-state index < -0.39 is 0 Å². The summed E-state index contributed by atoms with van der Waals surface area (Å²) in [5.74, 6) is 1.62. The van der Waals surface area contributed by atoms with E-state index in [1.54, 1.807) is 7.11 Å². The Kier molecular flexibility index (Phi) is 3.41. The summed E-state index contributed by atoms with van der Waals surface area (Å²) in [5.41, 5.74) is 8.81. The van der Waals surface area contributed by atoms with Crippen LogP contribution in [0, 0.1) is 6.92 Å². The van der Waals surface area contributed by atoms with Crippen LogP contribution in [0.4, 0.5) is 11.5 Å². The molecule has 0 saturated heterocycles. The number of aromatic nitrogens is 2. The molecule has 0 bridgehead atoms. The van der Waals surface area contributed by atoms with Gasteiger partial charge in [0.15, 0.2) is 0 Å². The van der Waals surface area contributed by atoms with Gasteiger partial charge in [-0.2, -0.15) is 5.10 Å². The third kappa shape index (κ3) is 2.56. The maximum absolute atomic E-state index is 5.95. The number of ether oxygens (including phenoxy) is 1. The minimum atomic E-state index is 0.645. The predicted octanol–water partition coefficient (Wildman–Crippen LogP) is 1.93. The van der Waals surface area contributed by atoms with Gasteiger partial charge in [-0.1, -0.05) is 6.07 Å². The van der Waals surface area contributed by atoms with Gasteiger partial charge in [-0.25, -0.2) is 0 Å². The van der Waals surface area contributed by atoms with Gasteiger partial charge in [0, 0.05) is 37.1 Å². The molecular weight excluding hydrogens is 228 g/mol. The van der Waals surface area contributed by atoms with E-state index in [9.17, 15) is 0 Å². The number of nitrogens with two attached hydrogens (primary N) is 1. The van der Waals surface area contributed by atoms with Crippen molar-refractivity contribution in [2.45, 2.75) is 13.5 Å². The van der Waals surface area contributed by atoms with Crippen LogP contribution in [-0.4, -0.2) is 16.9 Å². The maximum Gasteiger partial charge on any atom is 0.148 e. The summed E-state index contributed by atoms with van der Waals surface area (Å²) in [5, 5.41) is 7.58. The lowest BCUT2D eigenvalue weighted by molar-refractivity contribution is 0.415. The zero-order chi connectivity index (χ0) is 13.1. The smallest absolute Gasteiger partial charge is 0.148 e. The third-order valence-corrected chi connectivity index (χ3v) is 2.93. The van der Waals surface area contributed by atoms with Gasteiger partial charge in [0.05, 0.1) is 7.11 Å². The van der Waals surface area contributed by atoms with Crippen molar-refractivity contribution in [3.8, 4) is 5.75 Å². The van der Waals surface area contributed by atoms with E-state index in [1.807, 2.05) is 42.9 Å². The van der Waals surface area contributed by atoms with E-state index in [0.29, 0.717) is 6.54 Å². The van der Waals surface area contributed by atoms with Crippen LogP contribution in [0.25, 0.3) is 0 Å². The largest absolute Gasteiger partial charge is 0.497 e. The molecule has 5 heteroatoms. The van der Waals surface area contributed by atoms with Gasteiger partial charge in [-0.15, -0.1) is 0 Å². The van der Waals surface area contributed by atoms with Gasteiger partial charge in [0.25, 0.3) is 0 Å². The molecule has 0 aliphatic carbocycles. The first kappa shape index (κ1) is 12.3. The molecule has 5 nitrogen and oxygen atoms in total. The van der Waals surface area contributed by atoms with Crippen LogP contribution >= 0.6 is 0 Å². The van der Waals surface area contributed by atoms with Gasteiger partial charge in [0.1, 0.15) is 11.6 Å². The Morgan fingerprint density at radius 2 is 2.17 bits per heavy atom. The molecule has 1 aromatic carbocycles. The molecule has 0 saturated carbocycles. The molecule has 3 N–H and O–H groups in total. The number of anilines is 2. The predicted molar refractivity (Wildman–Crippen MR) is 72.7 cm³/mol. The summed E-state index contributed by atoms with van der Waals surface area (Å²) in [6.45, 7) is 2.66. The average Bonchev–Trinajstić information content (AvgIpc) is 2.67. The molecule has 2 aromatic rings. The summed E-state index contributed by atoms with van der Waals surface area (Å²) >= 11 is 0. The van der Waals surface area contributed by atoms with Crippen molar-refractivity contribution >= 4 is 11.5 Å². The second-order valence-corrected chi connectivity index (χ2v) is 4.21. The van der Waals surface area contributed by atoms with Crippen LogP contribution in [-0.2, 0) is 13.6 Å². The number of methoxy groups -OCH3 is 1. The number of hydrogen-bond acceptors (Lipinski definition) is 4. The Labute approximate surface area is 107 Å². The quantitative estimate of drug-likeness (QED) is 0.809. The second-order valence-electron chi connectivity index (χ2n) is 4.21. The van der Waals surface area contributed by atoms with E-state index in [0.717, 1.165) is 28.5 Å². The Morgan fingerprint density at radius 3 is 2.72 bits per heavy atom. The highest BCUT2D eigenvalue weighted by molar-refractivity contribution is 5.52. The van der Waals surface area contributed by atoms with Crippen LogP contribution < -0.4 is 15.8 Å². The molecule has 1 heterocycles. The number of hydrogen-bond donors (Lipinski definition) is 2. The van der Waals surface area contributed by atoms with Gasteiger partial charge in [-0.05, 0) is 18.6 Å². The standard InChI is InChI=1S/C13H18N4O/c1-9-6-13(16-17(9)2)15-8-10-4-5-11(18-3)7-12(10)14/h4-7H,8,14H2,1-3H3,(H,15,16). The van der Waals surface area contributed by atoms with E-state index in [2.05, 4.69) is 10.4 Å². The number of aryl methyl sites for hydroxylation is 2. The summed E-state index contributed by atoms with van der Waals surface area (Å²) < 4.78 is 6.95. The first-order chi connectivity index (χ1) is 8.60. The average molecular weight is 246 g/mol. The van der Waals surface area contributed by atoms with Gasteiger partial charge in [-0.3, -0.25) is 4.68 Å². The topological polar surface area (TPSA) is 65.1 Å². The van der Waals surface area contributed by atoms with E-state index >= 15 is 0 Å². The highest BCUT2D eigenvalue weighted by Crippen LogP contribution is 2.20. The molecule has 0 spiro atoms. The number of rotatable bonds is 4. The number of nitrogens with one attached hydrogen (secondary N) is 1. The minimum Gasteiger partial charge on any atom is -0.497 e. The van der Waals surface area contributed by atoms with Crippen molar-refractivity contribution in [3.05, 3.63) is 35.5 Å². The van der Waals surface area contributed by atoms with E-state index in [-0.39, 0.29) is 0 Å². The second kappa shape index (κ2) is 5.00. The van der Waals surface area contributed by atoms with Gasteiger partial charge in [0.2, 0.25) is 0 Å². The number of benzene rings is 1. The Hall–Kier alpha value is -2.17. The molecule has 0 atom stereocenters. The first-order valence-corrected chi connectivity index (χ1v) is 5.77. The zero-order valence-corrected chi connectivity index (χ0v) is 10.9. The highest BCUT2D eigenvalue weighted by Gasteiger charge is 2.04. The monoisotopic (exact) mass is 246 g/mol. The Morgan fingerprint density at radius 1 is 1.39 bits per heavy atom. The first-order valence-electron chi connectivity index (χ1n) is 5.77. The molecule has 18 heavy (non-hydrogen) atoms. The lowest BCUT2D eigenvalue weighted by atomic mass is 10.1. The molecule has 0 amide bonds. The van der Waals surface area contributed by atoms with E-state index in [1.165, 1.54) is 0 Å². The molecule has 0 fully saturated rings. The van der Waals surface area contributed by atoms with Crippen LogP contribution in [0.5, 0.6) is 5.75 Å². The molecule has 0 unspecified atom stereocenters. The molecular formula is C13H18N4O. The fourth-order valence-electron chi connectivity index (χ4n) is 1.69. The van der Waals surface area contributed by atoms with Crippen molar-refractivity contribution < 1.29 is 4.74 Å². The summed E-state index contributed by atoms with van der Waals surface area (Å²) in [7, 11) is 3.55. The molecule has 0 aliphatic rings. The van der Waals surface area contributed by atoms with Gasteiger partial charge < -0.3 is 15.8 Å². The van der Waals surface area contributed by atoms with Crippen molar-refractivity contribution in [3.63, 3.8) is 0 Å². The normalized spacial score (nSPS) is 10.4. The van der Waals surface area contributed by atoms with Gasteiger partial charge >= 0.3 is 0 Å². The molecule has 2 rings (SSSR count). The number of nitrogen functional groups attached to an aromatic ring is 1. The summed E-state index contributed by atoms with van der Waals surface area (Å²) in [6, 6.07) is 7.68.